The molecule has 0 aliphatic carbocycles. The van der Waals surface area contributed by atoms with Crippen LogP contribution in [0.3, 0.4) is 0 Å². The first kappa shape index (κ1) is 24.1. The van der Waals surface area contributed by atoms with Gasteiger partial charge < -0.3 is 25.0 Å². The molecule has 1 fully saturated rings. The van der Waals surface area contributed by atoms with E-state index in [9.17, 15) is 14.7 Å². The number of aryl methyl sites for hydroxylation is 1. The molecule has 4 aromatic rings. The number of pyridine rings is 1. The van der Waals surface area contributed by atoms with Crippen molar-refractivity contribution in [1.82, 2.24) is 4.98 Å². The lowest BCUT2D eigenvalue weighted by molar-refractivity contribution is -0.118. The zero-order valence-electron chi connectivity index (χ0n) is 20.6. The number of piperazine rings is 1. The van der Waals surface area contributed by atoms with E-state index < -0.39 is 5.97 Å². The van der Waals surface area contributed by atoms with E-state index in [4.69, 9.17) is 9.72 Å². The van der Waals surface area contributed by atoms with Crippen LogP contribution in [0.2, 0.25) is 0 Å². The number of ether oxygens (including phenoxy) is 1. The number of hydrogen-bond donors (Lipinski definition) is 2. The topological polar surface area (TPSA) is 95.0 Å². The number of anilines is 3. The number of para-hydroxylation sites is 1. The Labute approximate surface area is 215 Å². The maximum Gasteiger partial charge on any atom is 0.336 e. The van der Waals surface area contributed by atoms with Crippen molar-refractivity contribution in [3.63, 3.8) is 0 Å². The zero-order valence-corrected chi connectivity index (χ0v) is 20.6. The molecule has 2 N–H and O–H groups in total. The summed E-state index contributed by atoms with van der Waals surface area (Å²) in [7, 11) is 0. The van der Waals surface area contributed by atoms with Gasteiger partial charge in [-0.3, -0.25) is 4.79 Å². The molecule has 1 aliphatic heterocycles. The van der Waals surface area contributed by atoms with Gasteiger partial charge in [0.05, 0.1) is 11.1 Å². The molecule has 3 aromatic carbocycles. The minimum Gasteiger partial charge on any atom is -0.484 e. The Bertz CT molecular complexity index is 1430. The minimum absolute atomic E-state index is 0.151. The summed E-state index contributed by atoms with van der Waals surface area (Å²) in [6, 6.07) is 24.4. The van der Waals surface area contributed by atoms with Crippen LogP contribution in [0.15, 0.2) is 78.9 Å². The van der Waals surface area contributed by atoms with Crippen molar-refractivity contribution in [3.8, 4) is 5.75 Å². The van der Waals surface area contributed by atoms with Gasteiger partial charge in [0.1, 0.15) is 11.6 Å². The molecule has 1 saturated heterocycles. The first-order valence-electron chi connectivity index (χ1n) is 12.2. The number of rotatable bonds is 7. The van der Waals surface area contributed by atoms with Gasteiger partial charge in [-0.05, 0) is 61.0 Å². The molecule has 0 unspecified atom stereocenters. The standard InChI is InChI=1S/C29H28N4O4/c1-20-6-5-9-23(16-20)37-19-28(34)30-21-10-11-26-24(17-21)25(29(35)36)18-27(31-26)33-14-12-32(13-15-33)22-7-3-2-4-8-22/h2-11,16-18H,12-15,19H2,1H3,(H,30,34)(H,35,36). The Morgan fingerprint density at radius 2 is 1.68 bits per heavy atom. The molecule has 0 bridgehead atoms. The lowest BCUT2D eigenvalue weighted by atomic mass is 10.1. The molecule has 188 valence electrons. The third-order valence-corrected chi connectivity index (χ3v) is 6.39. The van der Waals surface area contributed by atoms with Gasteiger partial charge >= 0.3 is 5.97 Å². The number of carboxylic acid groups (broad SMARTS) is 1. The van der Waals surface area contributed by atoms with E-state index in [1.807, 2.05) is 43.3 Å². The maximum atomic E-state index is 12.4. The number of hydrogen-bond acceptors (Lipinski definition) is 6. The predicted octanol–water partition coefficient (Wildman–Crippen LogP) is 4.59. The third-order valence-electron chi connectivity index (χ3n) is 6.39. The van der Waals surface area contributed by atoms with E-state index in [-0.39, 0.29) is 18.1 Å². The summed E-state index contributed by atoms with van der Waals surface area (Å²) < 4.78 is 5.56. The monoisotopic (exact) mass is 496 g/mol. The molecule has 0 radical (unpaired) electrons. The molecular weight excluding hydrogens is 468 g/mol. The zero-order chi connectivity index (χ0) is 25.8. The fourth-order valence-electron chi connectivity index (χ4n) is 4.51. The second-order valence-corrected chi connectivity index (χ2v) is 9.03. The number of fused-ring (bicyclic) bond motifs is 1. The highest BCUT2D eigenvalue weighted by molar-refractivity contribution is 6.05. The number of carbonyl (C=O) groups is 2. The summed E-state index contributed by atoms with van der Waals surface area (Å²) in [4.78, 5) is 33.8. The number of aromatic carboxylic acids is 1. The number of amides is 1. The SMILES string of the molecule is Cc1cccc(OCC(=O)Nc2ccc3nc(N4CCN(c5ccccc5)CC4)cc(C(=O)O)c3c2)c1. The molecule has 0 saturated carbocycles. The van der Waals surface area contributed by atoms with Crippen molar-refractivity contribution in [2.24, 2.45) is 0 Å². The molecule has 1 aliphatic rings. The van der Waals surface area contributed by atoms with Gasteiger partial charge in [-0.25, -0.2) is 9.78 Å². The normalized spacial score (nSPS) is 13.4. The highest BCUT2D eigenvalue weighted by atomic mass is 16.5. The van der Waals surface area contributed by atoms with Crippen LogP contribution in [0.5, 0.6) is 5.75 Å². The van der Waals surface area contributed by atoms with Crippen LogP contribution >= 0.6 is 0 Å². The fourth-order valence-corrected chi connectivity index (χ4v) is 4.51. The van der Waals surface area contributed by atoms with Gasteiger partial charge in [0.25, 0.3) is 5.91 Å². The number of nitrogens with zero attached hydrogens (tertiary/aromatic N) is 3. The molecule has 2 heterocycles. The Kier molecular flexibility index (Phi) is 6.89. The van der Waals surface area contributed by atoms with Gasteiger partial charge in [-0.15, -0.1) is 0 Å². The second kappa shape index (κ2) is 10.6. The van der Waals surface area contributed by atoms with E-state index in [0.717, 1.165) is 31.7 Å². The first-order valence-corrected chi connectivity index (χ1v) is 12.2. The van der Waals surface area contributed by atoms with Crippen LogP contribution < -0.4 is 19.9 Å². The molecule has 37 heavy (non-hydrogen) atoms. The van der Waals surface area contributed by atoms with E-state index in [1.165, 1.54) is 5.69 Å². The van der Waals surface area contributed by atoms with Crippen LogP contribution in [0.25, 0.3) is 10.9 Å². The van der Waals surface area contributed by atoms with Gasteiger partial charge in [0, 0.05) is 42.9 Å². The second-order valence-electron chi connectivity index (χ2n) is 9.03. The van der Waals surface area contributed by atoms with Crippen molar-refractivity contribution in [2.45, 2.75) is 6.92 Å². The minimum atomic E-state index is -1.04. The Hall–Kier alpha value is -4.59. The molecule has 8 heteroatoms. The van der Waals surface area contributed by atoms with E-state index in [0.29, 0.717) is 28.2 Å². The predicted molar refractivity (Wildman–Crippen MR) is 145 cm³/mol. The average Bonchev–Trinajstić information content (AvgIpc) is 2.92. The lowest BCUT2D eigenvalue weighted by Crippen LogP contribution is -2.46. The summed E-state index contributed by atoms with van der Waals surface area (Å²) in [6.45, 7) is 4.91. The van der Waals surface area contributed by atoms with Crippen LogP contribution in [0, 0.1) is 6.92 Å². The summed E-state index contributed by atoms with van der Waals surface area (Å²) in [6.07, 6.45) is 0. The fraction of sp³-hybridized carbons (Fsp3) is 0.207. The van der Waals surface area contributed by atoms with E-state index in [2.05, 4.69) is 27.2 Å². The lowest BCUT2D eigenvalue weighted by Gasteiger charge is -2.37. The summed E-state index contributed by atoms with van der Waals surface area (Å²) in [5.74, 6) is -0.120. The highest BCUT2D eigenvalue weighted by Crippen LogP contribution is 2.27. The largest absolute Gasteiger partial charge is 0.484 e. The Balaban J connectivity index is 1.30. The Morgan fingerprint density at radius 3 is 2.41 bits per heavy atom. The smallest absolute Gasteiger partial charge is 0.336 e. The summed E-state index contributed by atoms with van der Waals surface area (Å²) in [5.41, 5.74) is 3.42. The number of benzene rings is 3. The average molecular weight is 497 g/mol. The molecular formula is C29H28N4O4. The van der Waals surface area contributed by atoms with Crippen LogP contribution in [-0.4, -0.2) is 54.8 Å². The molecule has 5 rings (SSSR count). The van der Waals surface area contributed by atoms with Crippen molar-refractivity contribution < 1.29 is 19.4 Å². The number of nitrogens with one attached hydrogen (secondary N) is 1. The van der Waals surface area contributed by atoms with E-state index in [1.54, 1.807) is 30.3 Å². The number of aromatic nitrogens is 1. The van der Waals surface area contributed by atoms with Gasteiger partial charge in [0.15, 0.2) is 6.61 Å². The van der Waals surface area contributed by atoms with Gasteiger partial charge in [-0.2, -0.15) is 0 Å². The van der Waals surface area contributed by atoms with Gasteiger partial charge in [-0.1, -0.05) is 30.3 Å². The molecule has 0 spiro atoms. The summed E-state index contributed by atoms with van der Waals surface area (Å²) in [5, 5.41) is 13.2. The molecule has 1 amide bonds. The maximum absolute atomic E-state index is 12.4. The third kappa shape index (κ3) is 5.64. The molecule has 1 aromatic heterocycles. The molecule has 8 nitrogen and oxygen atoms in total. The van der Waals surface area contributed by atoms with Gasteiger partial charge in [0.2, 0.25) is 0 Å². The number of carbonyl (C=O) groups excluding carboxylic acids is 1. The van der Waals surface area contributed by atoms with E-state index >= 15 is 0 Å². The van der Waals surface area contributed by atoms with Crippen molar-refractivity contribution in [2.75, 3.05) is 47.9 Å². The van der Waals surface area contributed by atoms with Crippen molar-refractivity contribution >= 4 is 40.0 Å². The quantitative estimate of drug-likeness (QED) is 0.387. The highest BCUT2D eigenvalue weighted by Gasteiger charge is 2.21. The Morgan fingerprint density at radius 1 is 0.919 bits per heavy atom. The molecule has 0 atom stereocenters. The van der Waals surface area contributed by atoms with Crippen molar-refractivity contribution in [1.29, 1.82) is 0 Å². The first-order chi connectivity index (χ1) is 18.0. The van der Waals surface area contributed by atoms with Crippen molar-refractivity contribution in [3.05, 3.63) is 90.0 Å². The number of carboxylic acids is 1. The summed E-state index contributed by atoms with van der Waals surface area (Å²) >= 11 is 0. The van der Waals surface area contributed by atoms with Crippen LogP contribution in [0.1, 0.15) is 15.9 Å². The van der Waals surface area contributed by atoms with Crippen LogP contribution in [0.4, 0.5) is 17.2 Å². The van der Waals surface area contributed by atoms with Crippen LogP contribution in [-0.2, 0) is 4.79 Å².